The van der Waals surface area contributed by atoms with Crippen molar-refractivity contribution in [3.63, 3.8) is 0 Å². The number of rotatable bonds is 11. The third kappa shape index (κ3) is 6.49. The van der Waals surface area contributed by atoms with Gasteiger partial charge in [0.15, 0.2) is 5.78 Å². The fourth-order valence-electron chi connectivity index (χ4n) is 2.87. The first-order valence-electron chi connectivity index (χ1n) is 9.41. The van der Waals surface area contributed by atoms with Crippen molar-refractivity contribution in [1.29, 1.82) is 0 Å². The van der Waals surface area contributed by atoms with Crippen LogP contribution in [0.25, 0.3) is 0 Å². The Labute approximate surface area is 157 Å². The number of nitrogens with one attached hydrogen (secondary N) is 2. The lowest BCUT2D eigenvalue weighted by Crippen LogP contribution is -2.07. The summed E-state index contributed by atoms with van der Waals surface area (Å²) in [5.41, 5.74) is 4.48. The maximum absolute atomic E-state index is 12.6. The van der Waals surface area contributed by atoms with Crippen LogP contribution in [0.5, 0.6) is 0 Å². The van der Waals surface area contributed by atoms with Crippen molar-refractivity contribution in [1.82, 2.24) is 5.32 Å². The standard InChI is InChI=1S/C23H30N2O/c1-18-12-14-20(15-13-18)23(26)21-10-8-11-22(17-21)25-19(2)9-6-4-5-7-16-24-3/h8,10-15,17,24-25H,2,4-7,9,16H2,1,3H3. The molecule has 0 atom stereocenters. The first-order chi connectivity index (χ1) is 12.6. The van der Waals surface area contributed by atoms with Gasteiger partial charge in [-0.2, -0.15) is 0 Å². The van der Waals surface area contributed by atoms with Gasteiger partial charge in [-0.25, -0.2) is 0 Å². The first-order valence-corrected chi connectivity index (χ1v) is 9.41. The Bertz CT molecular complexity index is 719. The molecule has 0 aliphatic heterocycles. The fourth-order valence-corrected chi connectivity index (χ4v) is 2.87. The Morgan fingerprint density at radius 2 is 1.69 bits per heavy atom. The van der Waals surface area contributed by atoms with E-state index in [1.807, 2.05) is 62.5 Å². The van der Waals surface area contributed by atoms with E-state index in [-0.39, 0.29) is 5.78 Å². The molecular weight excluding hydrogens is 320 g/mol. The summed E-state index contributed by atoms with van der Waals surface area (Å²) < 4.78 is 0. The van der Waals surface area contributed by atoms with E-state index in [2.05, 4.69) is 17.2 Å². The highest BCUT2D eigenvalue weighted by atomic mass is 16.1. The molecule has 138 valence electrons. The number of allylic oxidation sites excluding steroid dienone is 1. The second kappa shape index (κ2) is 10.6. The van der Waals surface area contributed by atoms with E-state index in [0.29, 0.717) is 11.1 Å². The van der Waals surface area contributed by atoms with E-state index in [1.54, 1.807) is 0 Å². The van der Waals surface area contributed by atoms with Gasteiger partial charge >= 0.3 is 0 Å². The lowest BCUT2D eigenvalue weighted by Gasteiger charge is -2.11. The van der Waals surface area contributed by atoms with E-state index in [0.717, 1.165) is 36.3 Å². The average molecular weight is 351 g/mol. The maximum atomic E-state index is 12.6. The lowest BCUT2D eigenvalue weighted by molar-refractivity contribution is 0.103. The number of hydrogen-bond donors (Lipinski definition) is 2. The van der Waals surface area contributed by atoms with E-state index in [4.69, 9.17) is 0 Å². The van der Waals surface area contributed by atoms with Crippen LogP contribution >= 0.6 is 0 Å². The minimum absolute atomic E-state index is 0.0452. The van der Waals surface area contributed by atoms with Crippen LogP contribution in [0.2, 0.25) is 0 Å². The Morgan fingerprint density at radius 3 is 2.42 bits per heavy atom. The van der Waals surface area contributed by atoms with Crippen molar-refractivity contribution < 1.29 is 4.79 Å². The summed E-state index contributed by atoms with van der Waals surface area (Å²) in [5.74, 6) is 0.0452. The molecule has 2 N–H and O–H groups in total. The number of carbonyl (C=O) groups excluding carboxylic acids is 1. The van der Waals surface area contributed by atoms with Crippen LogP contribution in [0, 0.1) is 6.92 Å². The first kappa shape index (κ1) is 19.9. The summed E-state index contributed by atoms with van der Waals surface area (Å²) in [5, 5.41) is 6.51. The molecule has 0 spiro atoms. The predicted octanol–water partition coefficient (Wildman–Crippen LogP) is 5.32. The van der Waals surface area contributed by atoms with Gasteiger partial charge < -0.3 is 10.6 Å². The van der Waals surface area contributed by atoms with E-state index >= 15 is 0 Å². The predicted molar refractivity (Wildman–Crippen MR) is 111 cm³/mol. The van der Waals surface area contributed by atoms with Gasteiger partial charge in [0.05, 0.1) is 0 Å². The molecule has 2 rings (SSSR count). The van der Waals surface area contributed by atoms with Crippen molar-refractivity contribution in [3.8, 4) is 0 Å². The van der Waals surface area contributed by atoms with Gasteiger partial charge in [0.1, 0.15) is 0 Å². The Morgan fingerprint density at radius 1 is 0.962 bits per heavy atom. The second-order valence-corrected chi connectivity index (χ2v) is 6.77. The largest absolute Gasteiger partial charge is 0.359 e. The summed E-state index contributed by atoms with van der Waals surface area (Å²) in [6, 6.07) is 15.3. The van der Waals surface area contributed by atoms with Crippen molar-refractivity contribution in [3.05, 3.63) is 77.5 Å². The smallest absolute Gasteiger partial charge is 0.193 e. The fraction of sp³-hybridized carbons (Fsp3) is 0.348. The number of carbonyl (C=O) groups is 1. The van der Waals surface area contributed by atoms with Gasteiger partial charge in [-0.05, 0) is 51.9 Å². The van der Waals surface area contributed by atoms with Gasteiger partial charge in [-0.15, -0.1) is 0 Å². The molecule has 0 radical (unpaired) electrons. The second-order valence-electron chi connectivity index (χ2n) is 6.77. The van der Waals surface area contributed by atoms with E-state index in [1.165, 1.54) is 19.3 Å². The quantitative estimate of drug-likeness (QED) is 0.425. The number of benzene rings is 2. The van der Waals surface area contributed by atoms with Crippen LogP contribution in [0.1, 0.15) is 53.6 Å². The summed E-state index contributed by atoms with van der Waals surface area (Å²) in [4.78, 5) is 12.6. The maximum Gasteiger partial charge on any atom is 0.193 e. The summed E-state index contributed by atoms with van der Waals surface area (Å²) in [6.45, 7) is 7.22. The molecule has 0 fully saturated rings. The summed E-state index contributed by atoms with van der Waals surface area (Å²) in [7, 11) is 1.99. The Balaban J connectivity index is 1.87. The number of aryl methyl sites for hydroxylation is 1. The number of unbranched alkanes of at least 4 members (excludes halogenated alkanes) is 3. The molecule has 0 aliphatic carbocycles. The number of anilines is 1. The van der Waals surface area contributed by atoms with Crippen molar-refractivity contribution in [2.45, 2.75) is 39.0 Å². The van der Waals surface area contributed by atoms with Crippen LogP contribution in [0.3, 0.4) is 0 Å². The molecule has 2 aromatic rings. The van der Waals surface area contributed by atoms with Gasteiger partial charge in [0, 0.05) is 22.5 Å². The highest BCUT2D eigenvalue weighted by Crippen LogP contribution is 2.18. The molecule has 0 heterocycles. The van der Waals surface area contributed by atoms with Crippen LogP contribution in [-0.2, 0) is 0 Å². The molecule has 0 aliphatic rings. The van der Waals surface area contributed by atoms with Crippen LogP contribution < -0.4 is 10.6 Å². The van der Waals surface area contributed by atoms with Crippen molar-refractivity contribution in [2.24, 2.45) is 0 Å². The van der Waals surface area contributed by atoms with Crippen LogP contribution in [0.15, 0.2) is 60.8 Å². The molecule has 0 saturated heterocycles. The van der Waals surface area contributed by atoms with Crippen LogP contribution in [-0.4, -0.2) is 19.4 Å². The number of ketones is 1. The molecule has 26 heavy (non-hydrogen) atoms. The highest BCUT2D eigenvalue weighted by Gasteiger charge is 2.09. The molecule has 2 aromatic carbocycles. The molecule has 3 heteroatoms. The Kier molecular flexibility index (Phi) is 8.10. The van der Waals surface area contributed by atoms with Crippen LogP contribution in [0.4, 0.5) is 5.69 Å². The van der Waals surface area contributed by atoms with Gasteiger partial charge in [-0.3, -0.25) is 4.79 Å². The normalized spacial score (nSPS) is 10.5. The van der Waals surface area contributed by atoms with Gasteiger partial charge in [0.25, 0.3) is 0 Å². The average Bonchev–Trinajstić information content (AvgIpc) is 2.65. The zero-order valence-corrected chi connectivity index (χ0v) is 16.0. The van der Waals surface area contributed by atoms with Crippen molar-refractivity contribution in [2.75, 3.05) is 18.9 Å². The summed E-state index contributed by atoms with van der Waals surface area (Å²) in [6.07, 6.45) is 5.77. The van der Waals surface area contributed by atoms with Crippen molar-refractivity contribution >= 4 is 11.5 Å². The monoisotopic (exact) mass is 350 g/mol. The number of hydrogen-bond acceptors (Lipinski definition) is 3. The zero-order chi connectivity index (χ0) is 18.8. The molecule has 0 unspecified atom stereocenters. The molecule has 0 bridgehead atoms. The SMILES string of the molecule is C=C(CCCCCCNC)Nc1cccc(C(=O)c2ccc(C)cc2)c1. The van der Waals surface area contributed by atoms with E-state index < -0.39 is 0 Å². The Hall–Kier alpha value is -2.39. The van der Waals surface area contributed by atoms with Gasteiger partial charge in [0.2, 0.25) is 0 Å². The minimum Gasteiger partial charge on any atom is -0.359 e. The molecule has 0 saturated carbocycles. The minimum atomic E-state index is 0.0452. The molecular formula is C23H30N2O. The topological polar surface area (TPSA) is 41.1 Å². The summed E-state index contributed by atoms with van der Waals surface area (Å²) >= 11 is 0. The molecule has 0 aromatic heterocycles. The third-order valence-corrected chi connectivity index (χ3v) is 4.41. The lowest BCUT2D eigenvalue weighted by atomic mass is 10.0. The van der Waals surface area contributed by atoms with Gasteiger partial charge in [-0.1, -0.05) is 61.4 Å². The highest BCUT2D eigenvalue weighted by molar-refractivity contribution is 6.09. The zero-order valence-electron chi connectivity index (χ0n) is 16.0. The third-order valence-electron chi connectivity index (χ3n) is 4.41. The molecule has 0 amide bonds. The van der Waals surface area contributed by atoms with E-state index in [9.17, 15) is 4.79 Å². The molecule has 3 nitrogen and oxygen atoms in total.